The molecule has 2 rings (SSSR count). The van der Waals surface area contributed by atoms with Crippen LogP contribution in [0.4, 0.5) is 5.69 Å². The largest absolute Gasteiger partial charge is 0.492 e. The lowest BCUT2D eigenvalue weighted by Gasteiger charge is -2.19. The van der Waals surface area contributed by atoms with E-state index in [1.165, 1.54) is 0 Å². The van der Waals surface area contributed by atoms with E-state index in [0.717, 1.165) is 0 Å². The number of amides is 1. The molecule has 92 valence electrons. The van der Waals surface area contributed by atoms with Gasteiger partial charge in [0.05, 0.1) is 17.7 Å². The number of halogens is 2. The third-order valence-electron chi connectivity index (χ3n) is 2.59. The second kappa shape index (κ2) is 5.15. The lowest BCUT2D eigenvalue weighted by molar-refractivity contribution is -0.117. The minimum atomic E-state index is -0.143. The molecule has 1 aliphatic heterocycles. The van der Waals surface area contributed by atoms with Gasteiger partial charge in [-0.1, -0.05) is 11.6 Å². The molecular weight excluding hydrogens is 261 g/mol. The van der Waals surface area contributed by atoms with E-state index in [9.17, 15) is 4.79 Å². The average molecular weight is 274 g/mol. The summed E-state index contributed by atoms with van der Waals surface area (Å²) in [5.41, 5.74) is 0.701. The van der Waals surface area contributed by atoms with Crippen LogP contribution in [0.3, 0.4) is 0 Å². The van der Waals surface area contributed by atoms with Crippen LogP contribution in [0, 0.1) is 0 Å². The van der Waals surface area contributed by atoms with Crippen LogP contribution >= 0.6 is 23.2 Å². The fraction of sp³-hybridized carbons (Fsp3) is 0.417. The van der Waals surface area contributed by atoms with E-state index in [-0.39, 0.29) is 11.3 Å². The van der Waals surface area contributed by atoms with Gasteiger partial charge in [-0.3, -0.25) is 4.79 Å². The Kier molecular flexibility index (Phi) is 3.79. The first kappa shape index (κ1) is 12.5. The molecule has 5 heteroatoms. The van der Waals surface area contributed by atoms with E-state index in [2.05, 4.69) is 0 Å². The molecule has 1 amide bonds. The zero-order valence-corrected chi connectivity index (χ0v) is 11.0. The van der Waals surface area contributed by atoms with Crippen LogP contribution in [0.2, 0.25) is 5.02 Å². The van der Waals surface area contributed by atoms with E-state index in [1.54, 1.807) is 23.1 Å². The van der Waals surface area contributed by atoms with Gasteiger partial charge in [-0.25, -0.2) is 0 Å². The molecule has 0 aliphatic carbocycles. The van der Waals surface area contributed by atoms with E-state index in [4.69, 9.17) is 27.9 Å². The highest BCUT2D eigenvalue weighted by Crippen LogP contribution is 2.34. The number of nitrogens with zero attached hydrogens (tertiary/aromatic N) is 1. The van der Waals surface area contributed by atoms with Crippen molar-refractivity contribution < 1.29 is 9.53 Å². The number of carbonyl (C=O) groups is 1. The van der Waals surface area contributed by atoms with Crippen molar-refractivity contribution in [1.29, 1.82) is 0 Å². The Morgan fingerprint density at radius 2 is 2.29 bits per heavy atom. The van der Waals surface area contributed by atoms with E-state index in [0.29, 0.717) is 36.0 Å². The smallest absolute Gasteiger partial charge is 0.228 e. The molecule has 1 atom stereocenters. The van der Waals surface area contributed by atoms with Crippen molar-refractivity contribution in [3.63, 3.8) is 0 Å². The van der Waals surface area contributed by atoms with Crippen molar-refractivity contribution in [1.82, 2.24) is 0 Å². The highest BCUT2D eigenvalue weighted by Gasteiger charge is 2.31. The summed E-state index contributed by atoms with van der Waals surface area (Å²) in [6.45, 7) is 2.94. The van der Waals surface area contributed by atoms with Gasteiger partial charge in [-0.15, -0.1) is 11.6 Å². The second-order valence-corrected chi connectivity index (χ2v) is 4.90. The summed E-state index contributed by atoms with van der Waals surface area (Å²) in [5, 5.41) is 0.435. The first-order valence-electron chi connectivity index (χ1n) is 5.48. The van der Waals surface area contributed by atoms with E-state index in [1.807, 2.05) is 6.92 Å². The van der Waals surface area contributed by atoms with Crippen LogP contribution in [-0.2, 0) is 4.79 Å². The van der Waals surface area contributed by atoms with Gasteiger partial charge >= 0.3 is 0 Å². The highest BCUT2D eigenvalue weighted by molar-refractivity contribution is 6.31. The minimum Gasteiger partial charge on any atom is -0.492 e. The van der Waals surface area contributed by atoms with E-state index < -0.39 is 0 Å². The summed E-state index contributed by atoms with van der Waals surface area (Å²) in [4.78, 5) is 13.4. The molecule has 1 aliphatic rings. The Morgan fingerprint density at radius 1 is 1.53 bits per heavy atom. The molecular formula is C12H13Cl2NO2. The Bertz CT molecular complexity index is 437. The van der Waals surface area contributed by atoms with Gasteiger partial charge in [0.2, 0.25) is 5.91 Å². The predicted molar refractivity (Wildman–Crippen MR) is 69.2 cm³/mol. The molecule has 17 heavy (non-hydrogen) atoms. The molecule has 3 nitrogen and oxygen atoms in total. The number of rotatable bonds is 3. The number of benzene rings is 1. The predicted octanol–water partition coefficient (Wildman–Crippen LogP) is 3.08. The van der Waals surface area contributed by atoms with Crippen molar-refractivity contribution in [2.75, 3.05) is 18.1 Å². The zero-order chi connectivity index (χ0) is 12.4. The zero-order valence-electron chi connectivity index (χ0n) is 9.45. The van der Waals surface area contributed by atoms with Crippen LogP contribution in [0.25, 0.3) is 0 Å². The van der Waals surface area contributed by atoms with Crippen molar-refractivity contribution in [3.8, 4) is 5.75 Å². The van der Waals surface area contributed by atoms with E-state index >= 15 is 0 Å². The summed E-state index contributed by atoms with van der Waals surface area (Å²) in [6, 6.07) is 5.25. The third-order valence-corrected chi connectivity index (χ3v) is 3.12. The molecule has 0 aromatic heterocycles. The second-order valence-electron chi connectivity index (χ2n) is 3.85. The molecule has 1 fully saturated rings. The number of hydrogen-bond acceptors (Lipinski definition) is 2. The summed E-state index contributed by atoms with van der Waals surface area (Å²) >= 11 is 11.9. The average Bonchev–Trinajstić information content (AvgIpc) is 2.61. The SMILES string of the molecule is CCOc1ccc(Cl)cc1N1CC(Cl)CC1=O. The quantitative estimate of drug-likeness (QED) is 0.793. The number of carbonyl (C=O) groups excluding carboxylic acids is 1. The molecule has 0 spiro atoms. The van der Waals surface area contributed by atoms with Gasteiger partial charge in [0.1, 0.15) is 5.75 Å². The first-order chi connectivity index (χ1) is 8.11. The molecule has 0 N–H and O–H groups in total. The Morgan fingerprint density at radius 3 is 2.88 bits per heavy atom. The van der Waals surface area contributed by atoms with Crippen molar-refractivity contribution in [3.05, 3.63) is 23.2 Å². The molecule has 1 aromatic carbocycles. The maximum absolute atomic E-state index is 11.8. The minimum absolute atomic E-state index is 0.00761. The van der Waals surface area contributed by atoms with Crippen LogP contribution in [-0.4, -0.2) is 24.4 Å². The number of ether oxygens (including phenoxy) is 1. The number of alkyl halides is 1. The van der Waals surface area contributed by atoms with Crippen LogP contribution in [0.15, 0.2) is 18.2 Å². The maximum Gasteiger partial charge on any atom is 0.228 e. The summed E-state index contributed by atoms with van der Waals surface area (Å²) < 4.78 is 5.49. The van der Waals surface area contributed by atoms with Gasteiger partial charge in [0.25, 0.3) is 0 Å². The first-order valence-corrected chi connectivity index (χ1v) is 6.30. The molecule has 1 heterocycles. The Labute approximate surface area is 110 Å². The van der Waals surface area contributed by atoms with Gasteiger partial charge in [0.15, 0.2) is 0 Å². The van der Waals surface area contributed by atoms with Gasteiger partial charge in [-0.05, 0) is 25.1 Å². The van der Waals surface area contributed by atoms with Gasteiger partial charge in [0, 0.05) is 18.0 Å². The fourth-order valence-corrected chi connectivity index (χ4v) is 2.31. The molecule has 1 unspecified atom stereocenters. The Balaban J connectivity index is 2.35. The third kappa shape index (κ3) is 2.67. The standard InChI is InChI=1S/C12H13Cl2NO2/c1-2-17-11-4-3-8(13)5-10(11)15-7-9(14)6-12(15)16/h3-5,9H,2,6-7H2,1H3. The topological polar surface area (TPSA) is 29.5 Å². The lowest BCUT2D eigenvalue weighted by atomic mass is 10.2. The molecule has 1 aromatic rings. The summed E-state index contributed by atoms with van der Waals surface area (Å²) in [5.74, 6) is 0.671. The molecule has 0 saturated carbocycles. The van der Waals surface area contributed by atoms with Crippen LogP contribution < -0.4 is 9.64 Å². The van der Waals surface area contributed by atoms with Gasteiger partial charge < -0.3 is 9.64 Å². The normalized spacial score (nSPS) is 19.8. The summed E-state index contributed by atoms with van der Waals surface area (Å²) in [6.07, 6.45) is 0.361. The lowest BCUT2D eigenvalue weighted by Crippen LogP contribution is -2.25. The van der Waals surface area contributed by atoms with Crippen LogP contribution in [0.1, 0.15) is 13.3 Å². The monoisotopic (exact) mass is 273 g/mol. The fourth-order valence-electron chi connectivity index (χ4n) is 1.88. The Hall–Kier alpha value is -0.930. The highest BCUT2D eigenvalue weighted by atomic mass is 35.5. The van der Waals surface area contributed by atoms with Crippen molar-refractivity contribution in [2.24, 2.45) is 0 Å². The molecule has 0 radical (unpaired) electrons. The molecule has 0 bridgehead atoms. The van der Waals surface area contributed by atoms with Crippen molar-refractivity contribution in [2.45, 2.75) is 18.7 Å². The number of hydrogen-bond donors (Lipinski definition) is 0. The summed E-state index contributed by atoms with van der Waals surface area (Å²) in [7, 11) is 0. The van der Waals surface area contributed by atoms with Crippen molar-refractivity contribution >= 4 is 34.8 Å². The maximum atomic E-state index is 11.8. The molecule has 1 saturated heterocycles. The van der Waals surface area contributed by atoms with Gasteiger partial charge in [-0.2, -0.15) is 0 Å². The van der Waals surface area contributed by atoms with Crippen LogP contribution in [0.5, 0.6) is 5.75 Å². The number of anilines is 1.